The first-order chi connectivity index (χ1) is 28.1. The second-order valence-corrected chi connectivity index (χ2v) is 16.1. The van der Waals surface area contributed by atoms with Crippen LogP contribution in [0, 0.1) is 0 Å². The average molecular weight is 799 g/mol. The van der Waals surface area contributed by atoms with Crippen LogP contribution in [0.3, 0.4) is 0 Å². The van der Waals surface area contributed by atoms with Crippen LogP contribution in [0.2, 0.25) is 0 Å². The second kappa shape index (κ2) is 14.3. The molecular formula is C39H44F2N12O5. The number of morpholine rings is 1. The number of para-hydroxylation sites is 1. The quantitative estimate of drug-likeness (QED) is 0.222. The Bertz CT molecular complexity index is 2490. The van der Waals surface area contributed by atoms with Crippen LogP contribution in [-0.2, 0) is 21.4 Å². The zero-order valence-electron chi connectivity index (χ0n) is 32.0. The fraction of sp³-hybridized carbons (Fsp3) is 0.513. The number of imidazole rings is 1. The predicted octanol–water partition coefficient (Wildman–Crippen LogP) is 3.03. The molecule has 4 aliphatic heterocycles. The molecule has 3 atom stereocenters. The number of hydrogen-bond donors (Lipinski definition) is 2. The largest absolute Gasteiger partial charge is 0.374 e. The monoisotopic (exact) mass is 798 g/mol. The SMILES string of the molecule is Cn1c(=O)n(C2CCC(=O)NC2=O)c2cccc(N3CCN(C4CCC(n5cc(NC(=O)c6cnn7ccc(N8C[C@H]9C[C@@H]8CO9)nc67)c(C(F)F)n5)CC4)CC3)c21. The minimum atomic E-state index is -2.88. The van der Waals surface area contributed by atoms with Gasteiger partial charge in [-0.2, -0.15) is 10.2 Å². The van der Waals surface area contributed by atoms with Gasteiger partial charge in [-0.1, -0.05) is 6.07 Å². The van der Waals surface area contributed by atoms with E-state index in [1.54, 1.807) is 22.5 Å². The molecule has 2 bridgehead atoms. The molecule has 0 radical (unpaired) electrons. The zero-order chi connectivity index (χ0) is 39.8. The highest BCUT2D eigenvalue weighted by molar-refractivity contribution is 6.08. The summed E-state index contributed by atoms with van der Waals surface area (Å²) < 4.78 is 40.6. The van der Waals surface area contributed by atoms with Crippen LogP contribution in [0.1, 0.15) is 79.5 Å². The van der Waals surface area contributed by atoms with Crippen LogP contribution < -0.4 is 26.1 Å². The van der Waals surface area contributed by atoms with E-state index >= 15 is 0 Å². The Morgan fingerprint density at radius 3 is 2.52 bits per heavy atom. The number of rotatable bonds is 8. The van der Waals surface area contributed by atoms with Crippen molar-refractivity contribution in [3.63, 3.8) is 0 Å². The first-order valence-electron chi connectivity index (χ1n) is 20.0. The number of alkyl halides is 2. The minimum absolute atomic E-state index is 0.0253. The molecular weight excluding hydrogens is 755 g/mol. The number of aromatic nitrogens is 7. The van der Waals surface area contributed by atoms with E-state index in [-0.39, 0.29) is 53.9 Å². The summed E-state index contributed by atoms with van der Waals surface area (Å²) in [5, 5.41) is 13.6. The van der Waals surface area contributed by atoms with Crippen LogP contribution in [0.25, 0.3) is 16.7 Å². The number of amides is 3. The van der Waals surface area contributed by atoms with Crippen molar-refractivity contribution in [1.29, 1.82) is 0 Å². The van der Waals surface area contributed by atoms with Crippen LogP contribution in [0.5, 0.6) is 0 Å². The van der Waals surface area contributed by atoms with Crippen LogP contribution in [0.4, 0.5) is 26.0 Å². The Morgan fingerprint density at radius 1 is 1.00 bits per heavy atom. The lowest BCUT2D eigenvalue weighted by molar-refractivity contribution is -0.135. The molecule has 10 rings (SSSR count). The average Bonchev–Trinajstić information content (AvgIpc) is 4.08. The molecule has 4 aromatic heterocycles. The number of imide groups is 1. The third kappa shape index (κ3) is 6.21. The van der Waals surface area contributed by atoms with Gasteiger partial charge in [0, 0.05) is 64.6 Å². The summed E-state index contributed by atoms with van der Waals surface area (Å²) in [5.74, 6) is -0.644. The van der Waals surface area contributed by atoms with Crippen LogP contribution in [-0.4, -0.2) is 114 Å². The predicted molar refractivity (Wildman–Crippen MR) is 207 cm³/mol. The number of nitrogens with one attached hydrogen (secondary N) is 2. The molecule has 58 heavy (non-hydrogen) atoms. The number of piperidine rings is 1. The van der Waals surface area contributed by atoms with E-state index in [2.05, 4.69) is 35.5 Å². The van der Waals surface area contributed by atoms with Gasteiger partial charge in [0.15, 0.2) is 11.3 Å². The fourth-order valence-corrected chi connectivity index (χ4v) is 9.82. The number of carbonyl (C=O) groups excluding carboxylic acids is 3. The van der Waals surface area contributed by atoms with E-state index in [9.17, 15) is 28.0 Å². The molecule has 5 aromatic rings. The van der Waals surface area contributed by atoms with Crippen molar-refractivity contribution >= 4 is 51.6 Å². The number of benzene rings is 1. The van der Waals surface area contributed by atoms with E-state index in [1.807, 2.05) is 24.3 Å². The van der Waals surface area contributed by atoms with Gasteiger partial charge in [-0.05, 0) is 56.7 Å². The van der Waals surface area contributed by atoms with E-state index < -0.39 is 30.0 Å². The Balaban J connectivity index is 0.785. The summed E-state index contributed by atoms with van der Waals surface area (Å²) in [6, 6.07) is 7.34. The van der Waals surface area contributed by atoms with E-state index in [0.717, 1.165) is 81.8 Å². The number of piperazine rings is 1. The molecule has 3 amide bonds. The number of halogens is 2. The summed E-state index contributed by atoms with van der Waals surface area (Å²) in [6.45, 7) is 4.48. The normalized spacial score (nSPS) is 25.4. The van der Waals surface area contributed by atoms with E-state index in [1.165, 1.54) is 21.5 Å². The van der Waals surface area contributed by atoms with Gasteiger partial charge in [0.1, 0.15) is 17.4 Å². The van der Waals surface area contributed by atoms with Gasteiger partial charge < -0.3 is 19.9 Å². The number of ether oxygens (including phenoxy) is 1. The number of carbonyl (C=O) groups is 3. The molecule has 1 aliphatic carbocycles. The third-order valence-electron chi connectivity index (χ3n) is 12.8. The second-order valence-electron chi connectivity index (χ2n) is 16.1. The van der Waals surface area contributed by atoms with Crippen molar-refractivity contribution in [2.75, 3.05) is 54.4 Å². The number of fused-ring (bicyclic) bond motifs is 4. The number of nitrogens with zero attached hydrogens (tertiary/aromatic N) is 10. The molecule has 0 spiro atoms. The topological polar surface area (TPSA) is 169 Å². The zero-order valence-corrected chi connectivity index (χ0v) is 32.0. The molecule has 1 aromatic carbocycles. The van der Waals surface area contributed by atoms with Gasteiger partial charge in [-0.15, -0.1) is 0 Å². The highest BCUT2D eigenvalue weighted by Crippen LogP contribution is 2.37. The van der Waals surface area contributed by atoms with Gasteiger partial charge in [0.05, 0.1) is 53.4 Å². The molecule has 5 aliphatic rings. The van der Waals surface area contributed by atoms with E-state index in [0.29, 0.717) is 23.8 Å². The molecule has 1 unspecified atom stereocenters. The maximum absolute atomic E-state index is 14.3. The standard InChI is InChI=1S/C39H44F2N12O5/c1-47-34-28(3-2-4-29(34)53(39(47)57)30-9-10-32(54)45-38(30)56)49-15-13-48(14-16-49)22-5-7-23(8-6-22)52-20-27(33(46-52)35(40)41)43-37(55)26-18-42-51-12-11-31(44-36(26)51)50-19-25-17-24(50)21-58-25/h2-4,11-12,18,20,22-25,30,35H,5-10,13-17,19,21H2,1H3,(H,43,55)(H,45,54,56)/t22?,23?,24-,25-,30?/m1/s1. The molecule has 8 heterocycles. The highest BCUT2D eigenvalue weighted by atomic mass is 19.3. The van der Waals surface area contributed by atoms with Crippen molar-refractivity contribution in [2.24, 2.45) is 7.05 Å². The minimum Gasteiger partial charge on any atom is -0.374 e. The van der Waals surface area contributed by atoms with Crippen LogP contribution >= 0.6 is 0 Å². The van der Waals surface area contributed by atoms with Gasteiger partial charge in [-0.3, -0.25) is 38.4 Å². The summed E-state index contributed by atoms with van der Waals surface area (Å²) in [6.07, 6.45) is 6.61. The Morgan fingerprint density at radius 2 is 1.79 bits per heavy atom. The Labute approximate surface area is 330 Å². The van der Waals surface area contributed by atoms with E-state index in [4.69, 9.17) is 9.72 Å². The van der Waals surface area contributed by atoms with Crippen molar-refractivity contribution in [1.82, 2.24) is 43.7 Å². The molecule has 1 saturated carbocycles. The molecule has 2 N–H and O–H groups in total. The van der Waals surface area contributed by atoms with Gasteiger partial charge in [0.2, 0.25) is 11.8 Å². The number of anilines is 3. The summed E-state index contributed by atoms with van der Waals surface area (Å²) in [7, 11) is 1.72. The Kier molecular flexibility index (Phi) is 9.03. The number of hydrogen-bond acceptors (Lipinski definition) is 11. The summed E-state index contributed by atoms with van der Waals surface area (Å²) in [5.41, 5.74) is 2.09. The lowest BCUT2D eigenvalue weighted by Gasteiger charge is -2.42. The maximum Gasteiger partial charge on any atom is 0.329 e. The fourth-order valence-electron chi connectivity index (χ4n) is 9.82. The lowest BCUT2D eigenvalue weighted by atomic mass is 9.90. The molecule has 304 valence electrons. The van der Waals surface area contributed by atoms with Gasteiger partial charge >= 0.3 is 5.69 Å². The molecule has 17 nitrogen and oxygen atoms in total. The highest BCUT2D eigenvalue weighted by Gasteiger charge is 2.40. The first kappa shape index (κ1) is 36.6. The summed E-state index contributed by atoms with van der Waals surface area (Å²) in [4.78, 5) is 63.2. The van der Waals surface area contributed by atoms with Gasteiger partial charge in [0.25, 0.3) is 12.3 Å². The molecule has 4 saturated heterocycles. The Hall–Kier alpha value is -5.69. The van der Waals surface area contributed by atoms with Crippen LogP contribution in [0.15, 0.2) is 47.7 Å². The number of aryl methyl sites for hydroxylation is 1. The maximum atomic E-state index is 14.3. The molecule has 19 heteroatoms. The van der Waals surface area contributed by atoms with Crippen molar-refractivity contribution in [2.45, 2.75) is 81.6 Å². The summed E-state index contributed by atoms with van der Waals surface area (Å²) >= 11 is 0. The van der Waals surface area contributed by atoms with Crippen molar-refractivity contribution in [3.8, 4) is 0 Å². The third-order valence-corrected chi connectivity index (χ3v) is 12.8. The van der Waals surface area contributed by atoms with Crippen molar-refractivity contribution in [3.05, 3.63) is 64.6 Å². The smallest absolute Gasteiger partial charge is 0.329 e. The lowest BCUT2D eigenvalue weighted by Crippen LogP contribution is -2.51. The van der Waals surface area contributed by atoms with Gasteiger partial charge in [-0.25, -0.2) is 23.1 Å². The molecule has 5 fully saturated rings. The van der Waals surface area contributed by atoms with Crippen molar-refractivity contribution < 1.29 is 27.9 Å². The first-order valence-corrected chi connectivity index (χ1v) is 20.0.